The van der Waals surface area contributed by atoms with Crippen molar-refractivity contribution in [3.8, 4) is 0 Å². The summed E-state index contributed by atoms with van der Waals surface area (Å²) in [5.74, 6) is -4.41. The molecule has 0 aliphatic heterocycles. The third-order valence-electron chi connectivity index (χ3n) is 2.79. The molecule has 17 heavy (non-hydrogen) atoms. The summed E-state index contributed by atoms with van der Waals surface area (Å²) in [5, 5.41) is 10.8. The van der Waals surface area contributed by atoms with Gasteiger partial charge < -0.3 is 10.4 Å². The van der Waals surface area contributed by atoms with Gasteiger partial charge in [0.15, 0.2) is 0 Å². The zero-order valence-electron chi connectivity index (χ0n) is 9.13. The highest BCUT2D eigenvalue weighted by atomic mass is 19.3. The van der Waals surface area contributed by atoms with Crippen molar-refractivity contribution >= 4 is 5.91 Å². The molecule has 1 amide bonds. The Hall–Kier alpha value is -0.850. The van der Waals surface area contributed by atoms with Gasteiger partial charge in [0.25, 0.3) is 6.43 Å². The predicted molar refractivity (Wildman–Crippen MR) is 51.9 cm³/mol. The van der Waals surface area contributed by atoms with E-state index < -0.39 is 43.2 Å². The number of hydrogen-bond acceptors (Lipinski definition) is 2. The van der Waals surface area contributed by atoms with Gasteiger partial charge in [-0.1, -0.05) is 0 Å². The maximum Gasteiger partial charge on any atom is 0.265 e. The predicted octanol–water partition coefficient (Wildman–Crippen LogP) is 1.55. The van der Waals surface area contributed by atoms with Gasteiger partial charge in [-0.25, -0.2) is 17.6 Å². The zero-order chi connectivity index (χ0) is 13.1. The van der Waals surface area contributed by atoms with Gasteiger partial charge in [-0.3, -0.25) is 4.79 Å². The molecule has 2 atom stereocenters. The van der Waals surface area contributed by atoms with Crippen LogP contribution in [0.15, 0.2) is 0 Å². The summed E-state index contributed by atoms with van der Waals surface area (Å²) in [7, 11) is 0. The van der Waals surface area contributed by atoms with Crippen LogP contribution in [-0.4, -0.2) is 36.0 Å². The number of rotatable bonds is 4. The number of nitrogens with one attached hydrogen (secondary N) is 1. The van der Waals surface area contributed by atoms with Gasteiger partial charge in [0.2, 0.25) is 11.8 Å². The zero-order valence-corrected chi connectivity index (χ0v) is 9.13. The van der Waals surface area contributed by atoms with E-state index in [1.54, 1.807) is 0 Å². The van der Waals surface area contributed by atoms with Gasteiger partial charge in [0.05, 0.1) is 0 Å². The number of amides is 1. The molecular weight excluding hydrogens is 242 g/mol. The van der Waals surface area contributed by atoms with Gasteiger partial charge in [-0.2, -0.15) is 0 Å². The molecule has 0 radical (unpaired) electrons. The van der Waals surface area contributed by atoms with E-state index in [4.69, 9.17) is 5.11 Å². The molecule has 0 bridgehead atoms. The van der Waals surface area contributed by atoms with E-state index in [1.807, 2.05) is 0 Å². The number of halogens is 4. The Morgan fingerprint density at radius 1 is 1.47 bits per heavy atom. The minimum Gasteiger partial charge on any atom is -0.385 e. The van der Waals surface area contributed by atoms with Crippen LogP contribution in [0.3, 0.4) is 0 Å². The lowest BCUT2D eigenvalue weighted by atomic mass is 9.86. The average molecular weight is 257 g/mol. The molecule has 0 aromatic carbocycles. The van der Waals surface area contributed by atoms with Crippen molar-refractivity contribution < 1.29 is 27.5 Å². The molecule has 2 unspecified atom stereocenters. The minimum atomic E-state index is -2.96. The maximum atomic E-state index is 13.0. The van der Waals surface area contributed by atoms with Crippen molar-refractivity contribution in [2.45, 2.75) is 44.1 Å². The minimum absolute atomic E-state index is 0.239. The summed E-state index contributed by atoms with van der Waals surface area (Å²) >= 11 is 0. The van der Waals surface area contributed by atoms with Crippen LogP contribution < -0.4 is 5.32 Å². The highest BCUT2D eigenvalue weighted by Crippen LogP contribution is 2.36. The fraction of sp³-hybridized carbons (Fsp3) is 0.900. The largest absolute Gasteiger partial charge is 0.385 e. The van der Waals surface area contributed by atoms with Crippen molar-refractivity contribution in [1.82, 2.24) is 5.32 Å². The van der Waals surface area contributed by atoms with Gasteiger partial charge in [-0.15, -0.1) is 0 Å². The van der Waals surface area contributed by atoms with Crippen LogP contribution >= 0.6 is 0 Å². The molecule has 0 heterocycles. The Kier molecular flexibility index (Phi) is 4.73. The van der Waals surface area contributed by atoms with Crippen LogP contribution in [0, 0.1) is 5.92 Å². The summed E-state index contributed by atoms with van der Waals surface area (Å²) in [6, 6.07) is 0. The topological polar surface area (TPSA) is 49.3 Å². The molecule has 0 spiro atoms. The molecule has 0 saturated heterocycles. The SMILES string of the molecule is O=C(NCC(O)C(F)F)C1CCCC(F)(F)C1. The van der Waals surface area contributed by atoms with Crippen molar-refractivity contribution in [3.05, 3.63) is 0 Å². The molecule has 7 heteroatoms. The second-order valence-corrected chi connectivity index (χ2v) is 4.30. The summed E-state index contributed by atoms with van der Waals surface area (Å²) in [4.78, 5) is 11.4. The fourth-order valence-electron chi connectivity index (χ4n) is 1.83. The van der Waals surface area contributed by atoms with Crippen LogP contribution in [0.1, 0.15) is 25.7 Å². The summed E-state index contributed by atoms with van der Waals surface area (Å²) < 4.78 is 49.8. The Morgan fingerprint density at radius 2 is 2.12 bits per heavy atom. The Labute approximate surface area is 96.2 Å². The number of alkyl halides is 4. The fourth-order valence-corrected chi connectivity index (χ4v) is 1.83. The standard InChI is InChI=1S/C10H15F4NO2/c11-8(12)7(16)5-15-9(17)6-2-1-3-10(13,14)4-6/h6-8,16H,1-5H2,(H,15,17). The van der Waals surface area contributed by atoms with Crippen molar-refractivity contribution in [1.29, 1.82) is 0 Å². The third kappa shape index (κ3) is 4.49. The highest BCUT2D eigenvalue weighted by molar-refractivity contribution is 5.78. The smallest absolute Gasteiger partial charge is 0.265 e. The molecule has 100 valence electrons. The second-order valence-electron chi connectivity index (χ2n) is 4.30. The summed E-state index contributed by atoms with van der Waals surface area (Å²) in [5.41, 5.74) is 0. The second kappa shape index (κ2) is 5.66. The van der Waals surface area contributed by atoms with Crippen molar-refractivity contribution in [2.75, 3.05) is 6.54 Å². The van der Waals surface area contributed by atoms with Crippen molar-refractivity contribution in [2.24, 2.45) is 5.92 Å². The van der Waals surface area contributed by atoms with Crippen LogP contribution in [0.5, 0.6) is 0 Å². The Balaban J connectivity index is 2.37. The van der Waals surface area contributed by atoms with Crippen LogP contribution in [-0.2, 0) is 4.79 Å². The molecule has 1 aliphatic carbocycles. The highest BCUT2D eigenvalue weighted by Gasteiger charge is 2.39. The number of carbonyl (C=O) groups excluding carboxylic acids is 1. The number of aliphatic hydroxyl groups excluding tert-OH is 1. The molecule has 2 N–H and O–H groups in total. The Bertz CT molecular complexity index is 273. The molecule has 1 aliphatic rings. The lowest BCUT2D eigenvalue weighted by Crippen LogP contribution is -2.41. The maximum absolute atomic E-state index is 13.0. The van der Waals surface area contributed by atoms with E-state index in [-0.39, 0.29) is 12.8 Å². The lowest BCUT2D eigenvalue weighted by molar-refractivity contribution is -0.133. The molecule has 1 saturated carbocycles. The monoisotopic (exact) mass is 257 g/mol. The molecule has 0 aromatic heterocycles. The first-order valence-corrected chi connectivity index (χ1v) is 5.43. The average Bonchev–Trinajstić information content (AvgIpc) is 2.23. The molecule has 1 rings (SSSR count). The lowest BCUT2D eigenvalue weighted by Gasteiger charge is -2.28. The van der Waals surface area contributed by atoms with Gasteiger partial charge >= 0.3 is 0 Å². The summed E-state index contributed by atoms with van der Waals surface area (Å²) in [6.07, 6.45) is -5.14. The summed E-state index contributed by atoms with van der Waals surface area (Å²) in [6.45, 7) is -0.613. The van der Waals surface area contributed by atoms with E-state index in [1.165, 1.54) is 0 Å². The van der Waals surface area contributed by atoms with Crippen LogP contribution in [0.2, 0.25) is 0 Å². The van der Waals surface area contributed by atoms with Gasteiger partial charge in [-0.05, 0) is 12.8 Å². The van der Waals surface area contributed by atoms with Crippen LogP contribution in [0.4, 0.5) is 17.6 Å². The van der Waals surface area contributed by atoms with E-state index in [9.17, 15) is 22.4 Å². The molecule has 1 fully saturated rings. The molecule has 3 nitrogen and oxygen atoms in total. The van der Waals surface area contributed by atoms with E-state index in [0.717, 1.165) is 0 Å². The Morgan fingerprint density at radius 3 is 2.65 bits per heavy atom. The molecular formula is C10H15F4NO2. The first kappa shape index (κ1) is 14.2. The first-order valence-electron chi connectivity index (χ1n) is 5.43. The van der Waals surface area contributed by atoms with Gasteiger partial charge in [0.1, 0.15) is 6.10 Å². The van der Waals surface area contributed by atoms with E-state index >= 15 is 0 Å². The third-order valence-corrected chi connectivity index (χ3v) is 2.79. The quantitative estimate of drug-likeness (QED) is 0.751. The number of hydrogen-bond donors (Lipinski definition) is 2. The first-order chi connectivity index (χ1) is 7.82. The number of aliphatic hydroxyl groups is 1. The number of carbonyl (C=O) groups is 1. The normalized spacial score (nSPS) is 25.6. The van der Waals surface area contributed by atoms with E-state index in [0.29, 0.717) is 6.42 Å². The van der Waals surface area contributed by atoms with Crippen molar-refractivity contribution in [3.63, 3.8) is 0 Å². The van der Waals surface area contributed by atoms with E-state index in [2.05, 4.69) is 5.32 Å². The van der Waals surface area contributed by atoms with Gasteiger partial charge in [0, 0.05) is 25.3 Å². The van der Waals surface area contributed by atoms with Crippen LogP contribution in [0.25, 0.3) is 0 Å². The molecule has 0 aromatic rings.